The second-order valence-corrected chi connectivity index (χ2v) is 6.95. The van der Waals surface area contributed by atoms with Crippen LogP contribution in [0.5, 0.6) is 0 Å². The Labute approximate surface area is 122 Å². The van der Waals surface area contributed by atoms with E-state index in [0.29, 0.717) is 0 Å². The van der Waals surface area contributed by atoms with Crippen molar-refractivity contribution in [3.05, 3.63) is 16.8 Å². The number of aryl methyl sites for hydroxylation is 2. The SMILES string of the molecule is O[C@H]1CCCC[C@H]1Nc1ncnc2sc3c(c12)CCC3. The van der Waals surface area contributed by atoms with Crippen LogP contribution in [0.1, 0.15) is 42.5 Å². The van der Waals surface area contributed by atoms with Gasteiger partial charge in [-0.25, -0.2) is 9.97 Å². The fourth-order valence-corrected chi connectivity index (χ4v) is 4.72. The molecule has 0 aromatic carbocycles. The Morgan fingerprint density at radius 1 is 1.15 bits per heavy atom. The van der Waals surface area contributed by atoms with Gasteiger partial charge in [-0.3, -0.25) is 0 Å². The van der Waals surface area contributed by atoms with Crippen molar-refractivity contribution in [1.29, 1.82) is 0 Å². The Balaban J connectivity index is 1.72. The molecular weight excluding hydrogens is 270 g/mol. The fraction of sp³-hybridized carbons (Fsp3) is 0.600. The van der Waals surface area contributed by atoms with Crippen molar-refractivity contribution in [2.45, 2.75) is 57.1 Å². The summed E-state index contributed by atoms with van der Waals surface area (Å²) in [4.78, 5) is 11.5. The number of hydrogen-bond donors (Lipinski definition) is 2. The third-order valence-electron chi connectivity index (χ3n) is 4.55. The van der Waals surface area contributed by atoms with E-state index in [4.69, 9.17) is 0 Å². The predicted octanol–water partition coefficient (Wildman–Crippen LogP) is 2.90. The number of thiophene rings is 1. The van der Waals surface area contributed by atoms with Crippen LogP contribution in [-0.4, -0.2) is 27.2 Å². The van der Waals surface area contributed by atoms with Crippen molar-refractivity contribution >= 4 is 27.4 Å². The van der Waals surface area contributed by atoms with Gasteiger partial charge in [-0.05, 0) is 37.7 Å². The molecule has 2 atom stereocenters. The van der Waals surface area contributed by atoms with Gasteiger partial charge in [-0.2, -0.15) is 0 Å². The highest BCUT2D eigenvalue weighted by Gasteiger charge is 2.26. The molecule has 2 N–H and O–H groups in total. The van der Waals surface area contributed by atoms with E-state index in [1.165, 1.54) is 35.1 Å². The molecule has 0 radical (unpaired) electrons. The van der Waals surface area contributed by atoms with Crippen LogP contribution in [0.15, 0.2) is 6.33 Å². The molecule has 0 spiro atoms. The van der Waals surface area contributed by atoms with Crippen LogP contribution >= 0.6 is 11.3 Å². The first-order valence-electron chi connectivity index (χ1n) is 7.53. The second kappa shape index (κ2) is 4.97. The van der Waals surface area contributed by atoms with Crippen LogP contribution in [0.4, 0.5) is 5.82 Å². The normalized spacial score (nSPS) is 25.9. The lowest BCUT2D eigenvalue weighted by Gasteiger charge is -2.29. The van der Waals surface area contributed by atoms with Gasteiger partial charge in [0.25, 0.3) is 0 Å². The highest BCUT2D eigenvalue weighted by molar-refractivity contribution is 7.19. The number of nitrogens with one attached hydrogen (secondary N) is 1. The van der Waals surface area contributed by atoms with E-state index >= 15 is 0 Å². The fourth-order valence-electron chi connectivity index (χ4n) is 3.49. The number of aliphatic hydroxyl groups is 1. The lowest BCUT2D eigenvalue weighted by molar-refractivity contribution is 0.116. The van der Waals surface area contributed by atoms with E-state index in [9.17, 15) is 5.11 Å². The minimum atomic E-state index is -0.250. The Morgan fingerprint density at radius 3 is 2.95 bits per heavy atom. The second-order valence-electron chi connectivity index (χ2n) is 5.86. The van der Waals surface area contributed by atoms with Gasteiger partial charge in [0.15, 0.2) is 0 Å². The van der Waals surface area contributed by atoms with Gasteiger partial charge in [0, 0.05) is 4.88 Å². The molecule has 4 nitrogen and oxygen atoms in total. The number of fused-ring (bicyclic) bond motifs is 3. The van der Waals surface area contributed by atoms with Gasteiger partial charge in [-0.15, -0.1) is 11.3 Å². The minimum absolute atomic E-state index is 0.138. The van der Waals surface area contributed by atoms with Crippen molar-refractivity contribution in [3.63, 3.8) is 0 Å². The highest BCUT2D eigenvalue weighted by Crippen LogP contribution is 2.39. The van der Waals surface area contributed by atoms with E-state index in [1.807, 2.05) is 11.3 Å². The average molecular weight is 289 g/mol. The first-order valence-corrected chi connectivity index (χ1v) is 8.34. The van der Waals surface area contributed by atoms with E-state index < -0.39 is 0 Å². The Hall–Kier alpha value is -1.20. The molecule has 0 unspecified atom stereocenters. The van der Waals surface area contributed by atoms with E-state index in [2.05, 4.69) is 15.3 Å². The Kier molecular flexibility index (Phi) is 3.11. The van der Waals surface area contributed by atoms with Gasteiger partial charge in [0.05, 0.1) is 17.5 Å². The third kappa shape index (κ3) is 2.00. The van der Waals surface area contributed by atoms with Crippen molar-refractivity contribution in [3.8, 4) is 0 Å². The van der Waals surface area contributed by atoms with Crippen LogP contribution in [0.3, 0.4) is 0 Å². The molecule has 4 rings (SSSR count). The molecule has 2 heterocycles. The molecule has 0 bridgehead atoms. The monoisotopic (exact) mass is 289 g/mol. The van der Waals surface area contributed by atoms with Crippen molar-refractivity contribution < 1.29 is 5.11 Å². The average Bonchev–Trinajstić information content (AvgIpc) is 3.02. The van der Waals surface area contributed by atoms with Gasteiger partial charge in [0.1, 0.15) is 17.0 Å². The molecule has 0 saturated heterocycles. The summed E-state index contributed by atoms with van der Waals surface area (Å²) in [5.41, 5.74) is 1.44. The molecule has 20 heavy (non-hydrogen) atoms. The molecule has 2 aromatic heterocycles. The van der Waals surface area contributed by atoms with E-state index in [-0.39, 0.29) is 12.1 Å². The summed E-state index contributed by atoms with van der Waals surface area (Å²) in [5, 5.41) is 14.8. The third-order valence-corrected chi connectivity index (χ3v) is 5.75. The molecule has 2 aliphatic carbocycles. The number of aromatic nitrogens is 2. The number of hydrogen-bond acceptors (Lipinski definition) is 5. The minimum Gasteiger partial charge on any atom is -0.391 e. The molecule has 1 fully saturated rings. The van der Waals surface area contributed by atoms with Gasteiger partial charge < -0.3 is 10.4 Å². The molecular formula is C15H19N3OS. The molecule has 1 saturated carbocycles. The molecule has 5 heteroatoms. The summed E-state index contributed by atoms with van der Waals surface area (Å²) in [7, 11) is 0. The topological polar surface area (TPSA) is 58.0 Å². The maximum Gasteiger partial charge on any atom is 0.138 e. The maximum absolute atomic E-state index is 10.1. The molecule has 106 valence electrons. The Morgan fingerprint density at radius 2 is 2.05 bits per heavy atom. The highest BCUT2D eigenvalue weighted by atomic mass is 32.1. The summed E-state index contributed by atoms with van der Waals surface area (Å²) >= 11 is 1.81. The summed E-state index contributed by atoms with van der Waals surface area (Å²) < 4.78 is 0. The summed E-state index contributed by atoms with van der Waals surface area (Å²) in [6, 6.07) is 0.138. The zero-order valence-electron chi connectivity index (χ0n) is 11.4. The molecule has 2 aliphatic rings. The summed E-state index contributed by atoms with van der Waals surface area (Å²) in [6.07, 6.45) is 9.21. The van der Waals surface area contributed by atoms with Crippen LogP contribution in [0.25, 0.3) is 10.2 Å². The predicted molar refractivity (Wildman–Crippen MR) is 81.3 cm³/mol. The van der Waals surface area contributed by atoms with Crippen LogP contribution in [0.2, 0.25) is 0 Å². The lowest BCUT2D eigenvalue weighted by atomic mass is 9.92. The summed E-state index contributed by atoms with van der Waals surface area (Å²) in [5.74, 6) is 0.931. The first-order chi connectivity index (χ1) is 9.83. The standard InChI is InChI=1S/C15H19N3OS/c19-11-6-2-1-5-10(11)18-14-13-9-4-3-7-12(9)20-15(13)17-8-16-14/h8,10-11,19H,1-7H2,(H,16,17,18)/t10-,11+/m1/s1. The van der Waals surface area contributed by atoms with Gasteiger partial charge in [-0.1, -0.05) is 12.8 Å². The van der Waals surface area contributed by atoms with Crippen molar-refractivity contribution in [2.75, 3.05) is 5.32 Å². The number of rotatable bonds is 2. The number of nitrogens with zero attached hydrogens (tertiary/aromatic N) is 2. The quantitative estimate of drug-likeness (QED) is 0.892. The smallest absolute Gasteiger partial charge is 0.138 e. The Bertz CT molecular complexity index is 639. The molecule has 0 amide bonds. The maximum atomic E-state index is 10.1. The largest absolute Gasteiger partial charge is 0.391 e. The van der Waals surface area contributed by atoms with Gasteiger partial charge in [0.2, 0.25) is 0 Å². The van der Waals surface area contributed by atoms with Crippen LogP contribution in [0, 0.1) is 0 Å². The number of aliphatic hydroxyl groups excluding tert-OH is 1. The van der Waals surface area contributed by atoms with Gasteiger partial charge >= 0.3 is 0 Å². The van der Waals surface area contributed by atoms with Crippen LogP contribution < -0.4 is 5.32 Å². The first kappa shape index (κ1) is 12.5. The van der Waals surface area contributed by atoms with Crippen LogP contribution in [-0.2, 0) is 12.8 Å². The lowest BCUT2D eigenvalue weighted by Crippen LogP contribution is -2.36. The number of anilines is 1. The van der Waals surface area contributed by atoms with E-state index in [1.54, 1.807) is 6.33 Å². The summed E-state index contributed by atoms with van der Waals surface area (Å²) in [6.45, 7) is 0. The van der Waals surface area contributed by atoms with Crippen molar-refractivity contribution in [1.82, 2.24) is 9.97 Å². The zero-order valence-corrected chi connectivity index (χ0v) is 12.2. The molecule has 0 aliphatic heterocycles. The molecule has 2 aromatic rings. The zero-order chi connectivity index (χ0) is 13.5. The van der Waals surface area contributed by atoms with E-state index in [0.717, 1.165) is 36.3 Å². The van der Waals surface area contributed by atoms with Crippen molar-refractivity contribution in [2.24, 2.45) is 0 Å².